The van der Waals surface area contributed by atoms with Crippen LogP contribution < -0.4 is 39.2 Å². The monoisotopic (exact) mass is 700 g/mol. The van der Waals surface area contributed by atoms with E-state index in [9.17, 15) is 4.79 Å². The smallest absolute Gasteiger partial charge is 0.305 e. The Bertz CT molecular complexity index is 1950. The van der Waals surface area contributed by atoms with Gasteiger partial charge in [0.1, 0.15) is 36.1 Å². The SMILES string of the molecule is CCOC(=O)CCCN(CC)c1cc(OC)c(C2=c3cc4c5c(c3Oc3c2cc2c6c3CCCN6CCC2)CCC[N+]=5CCC4)cc1OC.Cl. The summed E-state index contributed by atoms with van der Waals surface area (Å²) >= 11 is 0. The molecule has 0 unspecified atom stereocenters. The van der Waals surface area contributed by atoms with Crippen molar-refractivity contribution in [3.63, 3.8) is 0 Å². The predicted molar refractivity (Wildman–Crippen MR) is 201 cm³/mol. The number of nitrogens with zero attached hydrogens (tertiary/aromatic N) is 3. The molecule has 0 spiro atoms. The normalized spacial score (nSPS) is 16.6. The molecule has 0 saturated heterocycles. The van der Waals surface area contributed by atoms with E-state index < -0.39 is 0 Å². The van der Waals surface area contributed by atoms with Crippen LogP contribution in [0.2, 0.25) is 0 Å². The number of carbonyl (C=O) groups is 1. The molecule has 8 nitrogen and oxygen atoms in total. The molecule has 9 heteroatoms. The quantitative estimate of drug-likeness (QED) is 0.155. The van der Waals surface area contributed by atoms with Crippen molar-refractivity contribution in [2.24, 2.45) is 0 Å². The molecule has 3 aromatic rings. The number of ether oxygens (including phenoxy) is 4. The summed E-state index contributed by atoms with van der Waals surface area (Å²) in [6.07, 6.45) is 10.00. The second-order valence-electron chi connectivity index (χ2n) is 14.1. The minimum atomic E-state index is -0.152. The van der Waals surface area contributed by atoms with Crippen LogP contribution in [0.25, 0.3) is 5.57 Å². The molecule has 50 heavy (non-hydrogen) atoms. The molecule has 5 aliphatic rings. The highest BCUT2D eigenvalue weighted by atomic mass is 35.5. The van der Waals surface area contributed by atoms with Crippen LogP contribution in [0.5, 0.6) is 23.0 Å². The van der Waals surface area contributed by atoms with Crippen molar-refractivity contribution in [2.75, 3.05) is 69.9 Å². The standard InChI is InChI=1S/C41H50N3O5.ClH/c1-5-42(17-11-16-36(45)48-6-2)33-25-34(46-3)30(24-35(33)47-4)37-31-22-26-12-7-18-43-20-9-14-28(38(26)43)40(31)49-41-29-15-10-21-44-19-8-13-27(39(29)44)23-32(37)41;/h22-25H,5-21H2,1-4H3;1H/q+1;. The van der Waals surface area contributed by atoms with E-state index in [1.165, 1.54) is 62.5 Å². The Hall–Kier alpha value is -3.91. The van der Waals surface area contributed by atoms with Crippen LogP contribution >= 0.6 is 12.4 Å². The Morgan fingerprint density at radius 3 is 2.36 bits per heavy atom. The molecule has 0 aliphatic carbocycles. The summed E-state index contributed by atoms with van der Waals surface area (Å²) < 4.78 is 27.5. The molecular formula is C41H51ClN3O5+. The Kier molecular flexibility index (Phi) is 9.93. The van der Waals surface area contributed by atoms with E-state index >= 15 is 0 Å². The van der Waals surface area contributed by atoms with Crippen LogP contribution in [0.1, 0.15) is 85.8 Å². The molecule has 0 atom stereocenters. The molecule has 0 bridgehead atoms. The Morgan fingerprint density at radius 2 is 1.60 bits per heavy atom. The average molecular weight is 701 g/mol. The molecule has 0 N–H and O–H groups in total. The number of anilines is 2. The van der Waals surface area contributed by atoms with Gasteiger partial charge in [-0.15, -0.1) is 12.4 Å². The number of halogens is 1. The highest BCUT2D eigenvalue weighted by Gasteiger charge is 2.36. The number of carbonyl (C=O) groups excluding carboxylic acids is 1. The van der Waals surface area contributed by atoms with Gasteiger partial charge in [0.15, 0.2) is 0 Å². The number of rotatable bonds is 10. The van der Waals surface area contributed by atoms with Gasteiger partial charge in [0, 0.05) is 90.2 Å². The van der Waals surface area contributed by atoms with Crippen molar-refractivity contribution in [1.82, 2.24) is 4.58 Å². The van der Waals surface area contributed by atoms with Crippen LogP contribution in [0, 0.1) is 0 Å². The van der Waals surface area contributed by atoms with Gasteiger partial charge in [-0.2, -0.15) is 0 Å². The molecule has 0 aromatic heterocycles. The van der Waals surface area contributed by atoms with E-state index in [0.717, 1.165) is 105 Å². The first-order valence-electron chi connectivity index (χ1n) is 18.6. The van der Waals surface area contributed by atoms with Crippen LogP contribution in [-0.4, -0.2) is 66.1 Å². The molecule has 266 valence electrons. The average Bonchev–Trinajstić information content (AvgIpc) is 3.13. The van der Waals surface area contributed by atoms with Crippen molar-refractivity contribution in [1.29, 1.82) is 0 Å². The number of hydrogen-bond donors (Lipinski definition) is 0. The number of hydrogen-bond acceptors (Lipinski definition) is 7. The number of fused-ring (bicyclic) bond motifs is 4. The van der Waals surface area contributed by atoms with Gasteiger partial charge in [0.25, 0.3) is 0 Å². The summed E-state index contributed by atoms with van der Waals surface area (Å²) in [4.78, 5) is 17.0. The van der Waals surface area contributed by atoms with E-state index in [2.05, 4.69) is 45.6 Å². The summed E-state index contributed by atoms with van der Waals surface area (Å²) in [6, 6.07) is 9.20. The van der Waals surface area contributed by atoms with Gasteiger partial charge in [0.05, 0.1) is 32.1 Å². The number of aryl methyl sites for hydroxylation is 2. The van der Waals surface area contributed by atoms with Crippen molar-refractivity contribution in [2.45, 2.75) is 78.1 Å². The maximum absolute atomic E-state index is 12.1. The molecule has 3 aromatic carbocycles. The van der Waals surface area contributed by atoms with Crippen LogP contribution in [0.15, 0.2) is 24.3 Å². The van der Waals surface area contributed by atoms with Gasteiger partial charge in [-0.1, -0.05) is 0 Å². The maximum Gasteiger partial charge on any atom is 0.305 e. The Morgan fingerprint density at radius 1 is 0.860 bits per heavy atom. The Balaban J connectivity index is 0.00000392. The van der Waals surface area contributed by atoms with E-state index in [0.29, 0.717) is 26.0 Å². The van der Waals surface area contributed by atoms with Crippen LogP contribution in [-0.2, 0) is 35.2 Å². The number of esters is 1. The van der Waals surface area contributed by atoms with E-state index in [1.54, 1.807) is 14.2 Å². The molecule has 0 amide bonds. The first kappa shape index (κ1) is 34.5. The lowest BCUT2D eigenvalue weighted by Gasteiger charge is -2.39. The topological polar surface area (TPSA) is 63.5 Å². The van der Waals surface area contributed by atoms with Gasteiger partial charge in [-0.05, 0) is 82.6 Å². The predicted octanol–water partition coefficient (Wildman–Crippen LogP) is 5.73. The molecule has 5 aliphatic heterocycles. The first-order valence-corrected chi connectivity index (χ1v) is 18.6. The molecule has 5 heterocycles. The zero-order chi connectivity index (χ0) is 33.6. The summed E-state index contributed by atoms with van der Waals surface area (Å²) in [7, 11) is 3.53. The largest absolute Gasteiger partial charge is 0.496 e. The minimum Gasteiger partial charge on any atom is -0.496 e. The number of methoxy groups -OCH3 is 2. The van der Waals surface area contributed by atoms with Crippen molar-refractivity contribution < 1.29 is 23.7 Å². The van der Waals surface area contributed by atoms with E-state index in [-0.39, 0.29) is 18.4 Å². The maximum atomic E-state index is 12.1. The van der Waals surface area contributed by atoms with Gasteiger partial charge >= 0.3 is 5.97 Å². The molecule has 8 rings (SSSR count). The van der Waals surface area contributed by atoms with Gasteiger partial charge in [-0.3, -0.25) is 4.79 Å². The second-order valence-corrected chi connectivity index (χ2v) is 14.1. The second kappa shape index (κ2) is 14.4. The van der Waals surface area contributed by atoms with Gasteiger partial charge in [0.2, 0.25) is 5.36 Å². The lowest BCUT2D eigenvalue weighted by atomic mass is 9.82. The molecular weight excluding hydrogens is 650 g/mol. The zero-order valence-corrected chi connectivity index (χ0v) is 30.9. The van der Waals surface area contributed by atoms with Crippen molar-refractivity contribution in [3.05, 3.63) is 68.2 Å². The van der Waals surface area contributed by atoms with E-state index in [4.69, 9.17) is 18.9 Å². The third-order valence-electron chi connectivity index (χ3n) is 11.3. The third-order valence-corrected chi connectivity index (χ3v) is 11.3. The fraction of sp³-hybridized carbons (Fsp3) is 0.512. The lowest BCUT2D eigenvalue weighted by molar-refractivity contribution is -0.143. The summed E-state index contributed by atoms with van der Waals surface area (Å²) in [5.74, 6) is 3.54. The van der Waals surface area contributed by atoms with Gasteiger partial charge < -0.3 is 28.7 Å². The third kappa shape index (κ3) is 5.77. The van der Waals surface area contributed by atoms with Crippen LogP contribution in [0.3, 0.4) is 0 Å². The minimum absolute atomic E-state index is 0. The van der Waals surface area contributed by atoms with E-state index in [1.807, 2.05) is 6.92 Å². The summed E-state index contributed by atoms with van der Waals surface area (Å²) in [5, 5.41) is 2.60. The Labute approximate surface area is 302 Å². The number of benzene rings is 3. The summed E-state index contributed by atoms with van der Waals surface area (Å²) in [6.45, 7) is 10.4. The highest BCUT2D eigenvalue weighted by Crippen LogP contribution is 2.50. The summed E-state index contributed by atoms with van der Waals surface area (Å²) in [5.41, 5.74) is 11.4. The fourth-order valence-electron chi connectivity index (χ4n) is 9.22. The van der Waals surface area contributed by atoms with Crippen LogP contribution in [0.4, 0.5) is 11.4 Å². The van der Waals surface area contributed by atoms with Crippen molar-refractivity contribution >= 4 is 35.3 Å². The molecule has 0 saturated carbocycles. The molecule has 0 radical (unpaired) electrons. The fourth-order valence-corrected chi connectivity index (χ4v) is 9.22. The highest BCUT2D eigenvalue weighted by molar-refractivity contribution is 5.92. The first-order chi connectivity index (χ1) is 24.0. The zero-order valence-electron chi connectivity index (χ0n) is 30.1. The van der Waals surface area contributed by atoms with Gasteiger partial charge in [-0.25, -0.2) is 4.58 Å². The molecule has 0 fully saturated rings. The van der Waals surface area contributed by atoms with Crippen molar-refractivity contribution in [3.8, 4) is 23.0 Å². The lowest BCUT2D eigenvalue weighted by Crippen LogP contribution is -2.45.